The molecule has 7 heteroatoms. The lowest BCUT2D eigenvalue weighted by Gasteiger charge is -2.25. The summed E-state index contributed by atoms with van der Waals surface area (Å²) in [4.78, 5) is 37.4. The number of alkyl halides is 1. The number of nitrogens with zero attached hydrogens (tertiary/aromatic N) is 1. The number of halogens is 1. The van der Waals surface area contributed by atoms with Crippen LogP contribution in [0, 0.1) is 0 Å². The fourth-order valence-corrected chi connectivity index (χ4v) is 2.74. The minimum absolute atomic E-state index is 0.0556. The van der Waals surface area contributed by atoms with E-state index in [1.165, 1.54) is 4.57 Å². The first-order chi connectivity index (χ1) is 9.06. The lowest BCUT2D eigenvalue weighted by molar-refractivity contribution is 0.101. The van der Waals surface area contributed by atoms with Gasteiger partial charge in [-0.05, 0) is 12.8 Å². The zero-order valence-corrected chi connectivity index (χ0v) is 11.2. The lowest BCUT2D eigenvalue weighted by Crippen LogP contribution is -2.38. The van der Waals surface area contributed by atoms with E-state index in [1.807, 2.05) is 0 Å². The molecule has 0 saturated heterocycles. The van der Waals surface area contributed by atoms with Gasteiger partial charge in [0.1, 0.15) is 11.4 Å². The van der Waals surface area contributed by atoms with E-state index in [4.69, 9.17) is 17.3 Å². The van der Waals surface area contributed by atoms with Crippen LogP contribution >= 0.6 is 11.6 Å². The van der Waals surface area contributed by atoms with E-state index in [9.17, 15) is 14.4 Å². The molecule has 2 rings (SSSR count). The molecule has 0 spiro atoms. The number of nitrogen functional groups attached to an aromatic ring is 1. The maximum Gasteiger partial charge on any atom is 0.330 e. The van der Waals surface area contributed by atoms with Gasteiger partial charge < -0.3 is 5.73 Å². The van der Waals surface area contributed by atoms with Crippen LogP contribution < -0.4 is 17.0 Å². The van der Waals surface area contributed by atoms with Gasteiger partial charge in [-0.3, -0.25) is 19.1 Å². The Kier molecular flexibility index (Phi) is 4.09. The number of Topliss-reactive ketones (excluding diaryl/α,β-unsaturated/α-hetero) is 1. The zero-order chi connectivity index (χ0) is 14.0. The number of carbonyl (C=O) groups excluding carboxylic acids is 1. The van der Waals surface area contributed by atoms with Gasteiger partial charge in [0.25, 0.3) is 5.56 Å². The molecule has 1 aliphatic carbocycles. The van der Waals surface area contributed by atoms with Crippen LogP contribution in [0.3, 0.4) is 0 Å². The summed E-state index contributed by atoms with van der Waals surface area (Å²) in [6, 6.07) is -0.0556. The number of rotatable bonds is 3. The van der Waals surface area contributed by atoms with Crippen molar-refractivity contribution in [2.24, 2.45) is 0 Å². The monoisotopic (exact) mass is 285 g/mol. The molecule has 1 heterocycles. The van der Waals surface area contributed by atoms with E-state index in [0.717, 1.165) is 32.1 Å². The van der Waals surface area contributed by atoms with Gasteiger partial charge in [-0.15, -0.1) is 11.6 Å². The molecule has 0 aromatic carbocycles. The van der Waals surface area contributed by atoms with Gasteiger partial charge in [0.15, 0.2) is 5.78 Å². The van der Waals surface area contributed by atoms with Gasteiger partial charge in [-0.25, -0.2) is 4.79 Å². The molecule has 0 atom stereocenters. The molecular weight excluding hydrogens is 270 g/mol. The predicted molar refractivity (Wildman–Crippen MR) is 72.9 cm³/mol. The summed E-state index contributed by atoms with van der Waals surface area (Å²) >= 11 is 5.46. The van der Waals surface area contributed by atoms with Gasteiger partial charge in [0.2, 0.25) is 0 Å². The number of carbonyl (C=O) groups is 1. The standard InChI is InChI=1S/C12H16ClN3O3/c13-6-8(17)9-10(14)16(12(19)15-11(9)18)7-4-2-1-3-5-7/h7H,1-6,14H2,(H,15,18,19). The normalized spacial score (nSPS) is 16.5. The summed E-state index contributed by atoms with van der Waals surface area (Å²) in [5, 5.41) is 0. The lowest BCUT2D eigenvalue weighted by atomic mass is 9.95. The van der Waals surface area contributed by atoms with Crippen LogP contribution in [0.2, 0.25) is 0 Å². The van der Waals surface area contributed by atoms with Crippen LogP contribution in [-0.2, 0) is 0 Å². The van der Waals surface area contributed by atoms with Crippen molar-refractivity contribution < 1.29 is 4.79 Å². The predicted octanol–water partition coefficient (Wildman–Crippen LogP) is 1.05. The number of aromatic amines is 1. The smallest absolute Gasteiger partial charge is 0.330 e. The van der Waals surface area contributed by atoms with Crippen molar-refractivity contribution in [3.05, 3.63) is 26.4 Å². The third-order valence-corrected chi connectivity index (χ3v) is 3.76. The van der Waals surface area contributed by atoms with Crippen LogP contribution in [-0.4, -0.2) is 21.2 Å². The molecular formula is C12H16ClN3O3. The fraction of sp³-hybridized carbons (Fsp3) is 0.583. The molecule has 19 heavy (non-hydrogen) atoms. The van der Waals surface area contributed by atoms with Crippen LogP contribution in [0.4, 0.5) is 5.82 Å². The number of nitrogens with one attached hydrogen (secondary N) is 1. The Balaban J connectivity index is 2.57. The summed E-state index contributed by atoms with van der Waals surface area (Å²) in [7, 11) is 0. The van der Waals surface area contributed by atoms with Crippen LogP contribution in [0.15, 0.2) is 9.59 Å². The molecule has 1 fully saturated rings. The molecule has 1 saturated carbocycles. The second-order valence-corrected chi connectivity index (χ2v) is 5.01. The van der Waals surface area contributed by atoms with Gasteiger partial charge in [-0.2, -0.15) is 0 Å². The second kappa shape index (κ2) is 5.61. The largest absolute Gasteiger partial charge is 0.384 e. The van der Waals surface area contributed by atoms with E-state index in [2.05, 4.69) is 4.98 Å². The molecule has 0 unspecified atom stereocenters. The molecule has 0 amide bonds. The highest BCUT2D eigenvalue weighted by Crippen LogP contribution is 2.28. The van der Waals surface area contributed by atoms with E-state index in [1.54, 1.807) is 0 Å². The average molecular weight is 286 g/mol. The van der Waals surface area contributed by atoms with Crippen LogP contribution in [0.1, 0.15) is 48.5 Å². The Hall–Kier alpha value is -1.56. The number of nitrogens with two attached hydrogens (primary N) is 1. The Labute approximate surface area is 114 Å². The average Bonchev–Trinajstić information content (AvgIpc) is 2.39. The van der Waals surface area contributed by atoms with Crippen LogP contribution in [0.25, 0.3) is 0 Å². The first kappa shape index (κ1) is 13.9. The van der Waals surface area contributed by atoms with E-state index in [0.29, 0.717) is 0 Å². The Morgan fingerprint density at radius 1 is 1.32 bits per heavy atom. The maximum absolute atomic E-state index is 11.9. The number of hydrogen-bond acceptors (Lipinski definition) is 4. The zero-order valence-electron chi connectivity index (χ0n) is 10.4. The minimum atomic E-state index is -0.764. The molecule has 1 aromatic rings. The van der Waals surface area contributed by atoms with Crippen molar-refractivity contribution in [3.8, 4) is 0 Å². The number of ketones is 1. The third kappa shape index (κ3) is 2.58. The first-order valence-electron chi connectivity index (χ1n) is 6.29. The van der Waals surface area contributed by atoms with Crippen molar-refractivity contribution >= 4 is 23.2 Å². The number of anilines is 1. The van der Waals surface area contributed by atoms with Crippen molar-refractivity contribution in [2.45, 2.75) is 38.1 Å². The maximum atomic E-state index is 11.9. The SMILES string of the molecule is Nc1c(C(=O)CCl)c(=O)[nH]c(=O)n1C1CCCCC1. The molecule has 3 N–H and O–H groups in total. The van der Waals surface area contributed by atoms with Crippen molar-refractivity contribution in [3.63, 3.8) is 0 Å². The second-order valence-electron chi connectivity index (χ2n) is 4.74. The molecule has 0 aliphatic heterocycles. The van der Waals surface area contributed by atoms with E-state index < -0.39 is 17.0 Å². The highest BCUT2D eigenvalue weighted by Gasteiger charge is 2.24. The van der Waals surface area contributed by atoms with Gasteiger partial charge in [0.05, 0.1) is 5.88 Å². The summed E-state index contributed by atoms with van der Waals surface area (Å²) in [5.74, 6) is -0.966. The molecule has 1 aliphatic rings. The van der Waals surface area contributed by atoms with Crippen molar-refractivity contribution in [1.29, 1.82) is 0 Å². The first-order valence-corrected chi connectivity index (χ1v) is 6.83. The van der Waals surface area contributed by atoms with Crippen molar-refractivity contribution in [1.82, 2.24) is 9.55 Å². The molecule has 6 nitrogen and oxygen atoms in total. The van der Waals surface area contributed by atoms with Gasteiger partial charge >= 0.3 is 5.69 Å². The number of aromatic nitrogens is 2. The fourth-order valence-electron chi connectivity index (χ4n) is 2.60. The Bertz CT molecular complexity index is 599. The number of H-pyrrole nitrogens is 1. The summed E-state index contributed by atoms with van der Waals surface area (Å²) in [6.45, 7) is 0. The Morgan fingerprint density at radius 3 is 2.53 bits per heavy atom. The highest BCUT2D eigenvalue weighted by atomic mass is 35.5. The summed E-state index contributed by atoms with van der Waals surface area (Å²) < 4.78 is 1.33. The molecule has 0 radical (unpaired) electrons. The quantitative estimate of drug-likeness (QED) is 0.640. The minimum Gasteiger partial charge on any atom is -0.384 e. The van der Waals surface area contributed by atoms with Crippen LogP contribution in [0.5, 0.6) is 0 Å². The van der Waals surface area contributed by atoms with Crippen molar-refractivity contribution in [2.75, 3.05) is 11.6 Å². The summed E-state index contributed by atoms with van der Waals surface area (Å²) in [6.07, 6.45) is 4.79. The van der Waals surface area contributed by atoms with Gasteiger partial charge in [0, 0.05) is 6.04 Å². The topological polar surface area (TPSA) is 98.0 Å². The third-order valence-electron chi connectivity index (χ3n) is 3.52. The van der Waals surface area contributed by atoms with E-state index in [-0.39, 0.29) is 23.3 Å². The Morgan fingerprint density at radius 2 is 1.95 bits per heavy atom. The number of hydrogen-bond donors (Lipinski definition) is 2. The molecule has 1 aromatic heterocycles. The summed E-state index contributed by atoms with van der Waals surface area (Å²) in [5.41, 5.74) is 4.33. The molecule has 104 valence electrons. The molecule has 0 bridgehead atoms. The van der Waals surface area contributed by atoms with E-state index >= 15 is 0 Å². The highest BCUT2D eigenvalue weighted by molar-refractivity contribution is 6.31. The van der Waals surface area contributed by atoms with Gasteiger partial charge in [-0.1, -0.05) is 19.3 Å².